The van der Waals surface area contributed by atoms with Gasteiger partial charge in [0.05, 0.1) is 0 Å². The van der Waals surface area contributed by atoms with Gasteiger partial charge in [0.1, 0.15) is 0 Å². The fraction of sp³-hybridized carbons (Fsp3) is 1.00. The van der Waals surface area contributed by atoms with E-state index in [1.807, 2.05) is 27.8 Å². The summed E-state index contributed by atoms with van der Waals surface area (Å²) in [7, 11) is 1.98. The molecule has 0 saturated heterocycles. The number of rotatable bonds is 11. The third-order valence-electron chi connectivity index (χ3n) is 2.25. The van der Waals surface area contributed by atoms with Crippen LogP contribution in [0.4, 0.5) is 0 Å². The van der Waals surface area contributed by atoms with Crippen LogP contribution in [-0.2, 0) is 9.22 Å². The molecule has 0 aliphatic carbocycles. The molecule has 0 amide bonds. The van der Waals surface area contributed by atoms with E-state index in [1.54, 1.807) is 0 Å². The first kappa shape index (κ1) is 16.6. The predicted octanol–water partition coefficient (Wildman–Crippen LogP) is 2.03. The van der Waals surface area contributed by atoms with Gasteiger partial charge < -0.3 is 0 Å². The molecule has 16 heavy (non-hydrogen) atoms. The molecule has 0 radical (unpaired) electrons. The first-order valence-corrected chi connectivity index (χ1v) is 11.8. The Hall–Kier alpha value is 0.639. The van der Waals surface area contributed by atoms with Crippen LogP contribution in [0.2, 0.25) is 4.44 Å². The van der Waals surface area contributed by atoms with Crippen LogP contribution in [0.5, 0.6) is 0 Å². The van der Waals surface area contributed by atoms with Gasteiger partial charge in [-0.2, -0.15) is 0 Å². The summed E-state index contributed by atoms with van der Waals surface area (Å²) in [5, 5.41) is 3.15. The van der Waals surface area contributed by atoms with E-state index >= 15 is 0 Å². The Kier molecular flexibility index (Phi) is 11.2. The van der Waals surface area contributed by atoms with Crippen LogP contribution in [0.15, 0.2) is 0 Å². The van der Waals surface area contributed by atoms with E-state index in [9.17, 15) is 0 Å². The molecule has 0 aromatic heterocycles. The first-order valence-electron chi connectivity index (χ1n) is 6.31. The van der Waals surface area contributed by atoms with E-state index in [4.69, 9.17) is 9.22 Å². The molecule has 0 heterocycles. The number of hydrogen-bond donors (Lipinski definition) is 1. The SMILES string of the molecule is CC[O][Sn]([CH2]CCCNC)([O]CC)[O]CC. The van der Waals surface area contributed by atoms with Gasteiger partial charge in [-0.3, -0.25) is 0 Å². The molecule has 0 fully saturated rings. The van der Waals surface area contributed by atoms with Crippen LogP contribution in [0, 0.1) is 0 Å². The number of nitrogens with one attached hydrogen (secondary N) is 1. The van der Waals surface area contributed by atoms with Crippen molar-refractivity contribution in [3.05, 3.63) is 0 Å². The Morgan fingerprint density at radius 1 is 0.875 bits per heavy atom. The van der Waals surface area contributed by atoms with Crippen molar-refractivity contribution in [1.29, 1.82) is 0 Å². The fourth-order valence-electron chi connectivity index (χ4n) is 1.64. The molecule has 4 nitrogen and oxygen atoms in total. The summed E-state index contributed by atoms with van der Waals surface area (Å²) in [4.78, 5) is 0. The molecule has 0 aliphatic rings. The van der Waals surface area contributed by atoms with Crippen LogP contribution in [0.1, 0.15) is 33.6 Å². The van der Waals surface area contributed by atoms with Gasteiger partial charge in [0.15, 0.2) is 0 Å². The maximum atomic E-state index is 5.84. The summed E-state index contributed by atoms with van der Waals surface area (Å²) < 4.78 is 18.5. The second-order valence-electron chi connectivity index (χ2n) is 3.54. The predicted molar refractivity (Wildman–Crippen MR) is 68.6 cm³/mol. The zero-order valence-electron chi connectivity index (χ0n) is 11.2. The Labute approximate surface area is 106 Å². The molecule has 0 saturated carbocycles. The van der Waals surface area contributed by atoms with Crippen LogP contribution in [0.25, 0.3) is 0 Å². The monoisotopic (exact) mass is 341 g/mol. The molecule has 1 N–H and O–H groups in total. The minimum atomic E-state index is -3.16. The Morgan fingerprint density at radius 2 is 1.38 bits per heavy atom. The topological polar surface area (TPSA) is 39.7 Å². The summed E-state index contributed by atoms with van der Waals surface area (Å²) in [6.45, 7) is 9.17. The van der Waals surface area contributed by atoms with Gasteiger partial charge in [-0.1, -0.05) is 0 Å². The van der Waals surface area contributed by atoms with E-state index in [0.29, 0.717) is 19.8 Å². The molecule has 0 atom stereocenters. The van der Waals surface area contributed by atoms with Crippen molar-refractivity contribution in [2.24, 2.45) is 0 Å². The molecular formula is C11H27NO3Sn. The van der Waals surface area contributed by atoms with E-state index < -0.39 is 19.6 Å². The molecule has 5 heteroatoms. The average molecular weight is 340 g/mol. The van der Waals surface area contributed by atoms with Crippen molar-refractivity contribution in [3.63, 3.8) is 0 Å². The second-order valence-corrected chi connectivity index (χ2v) is 11.3. The van der Waals surface area contributed by atoms with Gasteiger partial charge in [0.25, 0.3) is 0 Å². The van der Waals surface area contributed by atoms with Crippen molar-refractivity contribution < 1.29 is 9.22 Å². The molecule has 0 spiro atoms. The first-order chi connectivity index (χ1) is 7.74. The summed E-state index contributed by atoms with van der Waals surface area (Å²) in [6, 6.07) is 0. The fourth-order valence-corrected chi connectivity index (χ4v) is 9.31. The summed E-state index contributed by atoms with van der Waals surface area (Å²) >= 11 is -3.16. The summed E-state index contributed by atoms with van der Waals surface area (Å²) in [5.41, 5.74) is 0. The zero-order valence-corrected chi connectivity index (χ0v) is 14.0. The van der Waals surface area contributed by atoms with Crippen molar-refractivity contribution in [2.45, 2.75) is 38.0 Å². The Morgan fingerprint density at radius 3 is 1.75 bits per heavy atom. The Bertz CT molecular complexity index is 141. The quantitative estimate of drug-likeness (QED) is 0.462. The molecule has 98 valence electrons. The summed E-state index contributed by atoms with van der Waals surface area (Å²) in [5.74, 6) is 0. The van der Waals surface area contributed by atoms with Gasteiger partial charge in [-0.15, -0.1) is 0 Å². The van der Waals surface area contributed by atoms with E-state index in [0.717, 1.165) is 23.8 Å². The minimum absolute atomic E-state index is 0.697. The molecule has 0 aromatic rings. The molecule has 0 aromatic carbocycles. The van der Waals surface area contributed by atoms with Crippen LogP contribution >= 0.6 is 0 Å². The maximum absolute atomic E-state index is 5.84. The van der Waals surface area contributed by atoms with Crippen molar-refractivity contribution in [1.82, 2.24) is 5.32 Å². The van der Waals surface area contributed by atoms with Crippen LogP contribution < -0.4 is 5.32 Å². The molecular weight excluding hydrogens is 313 g/mol. The van der Waals surface area contributed by atoms with E-state index in [-0.39, 0.29) is 0 Å². The molecule has 0 rings (SSSR count). The van der Waals surface area contributed by atoms with Gasteiger partial charge in [0.2, 0.25) is 0 Å². The Balaban J connectivity index is 4.12. The number of hydrogen-bond acceptors (Lipinski definition) is 4. The van der Waals surface area contributed by atoms with Crippen molar-refractivity contribution >= 4 is 19.6 Å². The van der Waals surface area contributed by atoms with Crippen LogP contribution in [-0.4, -0.2) is 53.0 Å². The van der Waals surface area contributed by atoms with Crippen LogP contribution in [0.3, 0.4) is 0 Å². The third kappa shape index (κ3) is 7.06. The van der Waals surface area contributed by atoms with E-state index in [2.05, 4.69) is 5.32 Å². The van der Waals surface area contributed by atoms with E-state index in [1.165, 1.54) is 0 Å². The normalized spacial score (nSPS) is 12.0. The van der Waals surface area contributed by atoms with Crippen molar-refractivity contribution in [2.75, 3.05) is 33.4 Å². The molecule has 0 unspecified atom stereocenters. The van der Waals surface area contributed by atoms with Crippen molar-refractivity contribution in [3.8, 4) is 0 Å². The summed E-state index contributed by atoms with van der Waals surface area (Å²) in [6.07, 6.45) is 2.28. The third-order valence-corrected chi connectivity index (χ3v) is 11.2. The second kappa shape index (κ2) is 10.8. The molecule has 0 bridgehead atoms. The average Bonchev–Trinajstić information content (AvgIpc) is 2.26. The standard InChI is InChI=1S/C5H12N.3C2H5O.Sn/c1-3-4-5-6-2;3*1-2-3;/h6H,1,3-5H2,2H3;3*2H2,1H3;/q;3*-1;+3. The zero-order chi connectivity index (χ0) is 12.3. The van der Waals surface area contributed by atoms with Gasteiger partial charge in [-0.25, -0.2) is 0 Å². The number of unbranched alkanes of at least 4 members (excludes halogenated alkanes) is 1. The van der Waals surface area contributed by atoms with Gasteiger partial charge in [-0.05, 0) is 0 Å². The molecule has 0 aliphatic heterocycles. The van der Waals surface area contributed by atoms with Gasteiger partial charge >= 0.3 is 106 Å². The van der Waals surface area contributed by atoms with Gasteiger partial charge in [0, 0.05) is 0 Å².